The van der Waals surface area contributed by atoms with Gasteiger partial charge >= 0.3 is 5.97 Å². The highest BCUT2D eigenvalue weighted by molar-refractivity contribution is 7.99. The summed E-state index contributed by atoms with van der Waals surface area (Å²) in [5.41, 5.74) is 4.37. The molecule has 0 unspecified atom stereocenters. The molecule has 0 atom stereocenters. The lowest BCUT2D eigenvalue weighted by Gasteiger charge is -2.33. The first-order chi connectivity index (χ1) is 15.3. The molecular formula is C25H27N3O2S2. The lowest BCUT2D eigenvalue weighted by Crippen LogP contribution is -2.31. The topological polar surface area (TPSA) is 45.7 Å². The highest BCUT2D eigenvalue weighted by atomic mass is 32.2. The number of cyclic esters (lactones) is 1. The quantitative estimate of drug-likeness (QED) is 0.370. The van der Waals surface area contributed by atoms with E-state index in [9.17, 15) is 4.79 Å². The zero-order valence-electron chi connectivity index (χ0n) is 19.2. The van der Waals surface area contributed by atoms with Gasteiger partial charge in [-0.1, -0.05) is 12.1 Å². The SMILES string of the molecule is CSc1cc(N(C)C)ccc1C1(c2ccc(N(C)C)cc2SC)OC(=O)c2ccncc21. The van der Waals surface area contributed by atoms with Crippen LogP contribution in [0, 0.1) is 0 Å². The van der Waals surface area contributed by atoms with E-state index in [-0.39, 0.29) is 5.97 Å². The van der Waals surface area contributed by atoms with Crippen LogP contribution in [0.2, 0.25) is 0 Å². The zero-order chi connectivity index (χ0) is 23.0. The van der Waals surface area contributed by atoms with Crippen molar-refractivity contribution in [1.29, 1.82) is 0 Å². The molecule has 3 aromatic rings. The Kier molecular flexibility index (Phi) is 6.14. The van der Waals surface area contributed by atoms with E-state index >= 15 is 0 Å². The van der Waals surface area contributed by atoms with Gasteiger partial charge in [-0.15, -0.1) is 23.5 Å². The molecule has 2 heterocycles. The largest absolute Gasteiger partial charge is 0.440 e. The fourth-order valence-corrected chi connectivity index (χ4v) is 5.49. The lowest BCUT2D eigenvalue weighted by atomic mass is 9.80. The van der Waals surface area contributed by atoms with Gasteiger partial charge in [0.1, 0.15) is 0 Å². The van der Waals surface area contributed by atoms with Gasteiger partial charge in [-0.05, 0) is 42.8 Å². The summed E-state index contributed by atoms with van der Waals surface area (Å²) in [6.07, 6.45) is 7.52. The second-order valence-electron chi connectivity index (χ2n) is 8.05. The summed E-state index contributed by atoms with van der Waals surface area (Å²) in [6.45, 7) is 0. The number of carbonyl (C=O) groups excluding carboxylic acids is 1. The molecule has 7 heteroatoms. The van der Waals surface area contributed by atoms with Crippen molar-refractivity contribution >= 4 is 40.9 Å². The van der Waals surface area contributed by atoms with Crippen LogP contribution in [0.3, 0.4) is 0 Å². The van der Waals surface area contributed by atoms with Gasteiger partial charge in [0.15, 0.2) is 5.60 Å². The van der Waals surface area contributed by atoms with Crippen LogP contribution >= 0.6 is 23.5 Å². The molecule has 0 saturated heterocycles. The molecule has 0 amide bonds. The monoisotopic (exact) mass is 465 g/mol. The predicted molar refractivity (Wildman–Crippen MR) is 135 cm³/mol. The molecule has 0 bridgehead atoms. The van der Waals surface area contributed by atoms with Gasteiger partial charge < -0.3 is 14.5 Å². The summed E-state index contributed by atoms with van der Waals surface area (Å²) >= 11 is 3.30. The molecule has 1 aromatic heterocycles. The minimum absolute atomic E-state index is 0.324. The number of fused-ring (bicyclic) bond motifs is 1. The zero-order valence-corrected chi connectivity index (χ0v) is 20.8. The molecule has 32 heavy (non-hydrogen) atoms. The Balaban J connectivity index is 2.08. The molecule has 0 radical (unpaired) electrons. The number of ether oxygens (including phenoxy) is 1. The number of aromatic nitrogens is 1. The Bertz CT molecular complexity index is 1120. The van der Waals surface area contributed by atoms with Crippen molar-refractivity contribution in [1.82, 2.24) is 4.98 Å². The Hall–Kier alpha value is -2.64. The molecule has 0 N–H and O–H groups in total. The number of nitrogens with zero attached hydrogens (tertiary/aromatic N) is 3. The minimum atomic E-state index is -1.06. The van der Waals surface area contributed by atoms with Crippen molar-refractivity contribution in [3.63, 3.8) is 0 Å². The van der Waals surface area contributed by atoms with Gasteiger partial charge in [0, 0.05) is 78.4 Å². The highest BCUT2D eigenvalue weighted by Gasteiger charge is 2.51. The predicted octanol–water partition coefficient (Wildman–Crippen LogP) is 5.12. The first-order valence-corrected chi connectivity index (χ1v) is 12.7. The van der Waals surface area contributed by atoms with Gasteiger partial charge in [-0.3, -0.25) is 4.98 Å². The van der Waals surface area contributed by atoms with Gasteiger partial charge in [0.2, 0.25) is 0 Å². The number of rotatable bonds is 6. The van der Waals surface area contributed by atoms with E-state index in [1.165, 1.54) is 0 Å². The molecular weight excluding hydrogens is 438 g/mol. The average Bonchev–Trinajstić information content (AvgIpc) is 3.11. The fourth-order valence-electron chi connectivity index (χ4n) is 4.15. The first kappa shape index (κ1) is 22.6. The minimum Gasteiger partial charge on any atom is -0.440 e. The van der Waals surface area contributed by atoms with Crippen molar-refractivity contribution in [2.24, 2.45) is 0 Å². The maximum absolute atomic E-state index is 13.1. The van der Waals surface area contributed by atoms with Crippen molar-refractivity contribution in [3.05, 3.63) is 77.1 Å². The second kappa shape index (κ2) is 8.71. The van der Waals surface area contributed by atoms with Crippen molar-refractivity contribution in [2.45, 2.75) is 15.4 Å². The van der Waals surface area contributed by atoms with Gasteiger partial charge in [-0.2, -0.15) is 0 Å². The normalized spacial score (nSPS) is 14.1. The maximum Gasteiger partial charge on any atom is 0.340 e. The summed E-state index contributed by atoms with van der Waals surface area (Å²) < 4.78 is 6.34. The highest BCUT2D eigenvalue weighted by Crippen LogP contribution is 2.52. The van der Waals surface area contributed by atoms with Crippen molar-refractivity contribution in [3.8, 4) is 0 Å². The number of hydrogen-bond donors (Lipinski definition) is 0. The number of esters is 1. The third kappa shape index (κ3) is 3.53. The Morgan fingerprint density at radius 1 is 0.812 bits per heavy atom. The summed E-state index contributed by atoms with van der Waals surface area (Å²) in [6, 6.07) is 14.4. The number of pyridine rings is 1. The molecule has 2 aromatic carbocycles. The van der Waals surface area contributed by atoms with Crippen molar-refractivity contribution < 1.29 is 9.53 Å². The first-order valence-electron chi connectivity index (χ1n) is 10.2. The van der Waals surface area contributed by atoms with Crippen LogP contribution in [0.5, 0.6) is 0 Å². The molecule has 0 saturated carbocycles. The van der Waals surface area contributed by atoms with Crippen LogP contribution in [0.15, 0.2) is 64.6 Å². The number of carbonyl (C=O) groups is 1. The Labute approximate surface area is 198 Å². The van der Waals surface area contributed by atoms with Crippen LogP contribution in [0.25, 0.3) is 0 Å². The average molecular weight is 466 g/mol. The van der Waals surface area contributed by atoms with Crippen LogP contribution in [-0.4, -0.2) is 51.7 Å². The molecule has 1 aliphatic heterocycles. The maximum atomic E-state index is 13.1. The molecule has 0 spiro atoms. The number of anilines is 2. The van der Waals surface area contributed by atoms with Crippen LogP contribution in [-0.2, 0) is 10.3 Å². The molecule has 4 rings (SSSR count). The fraction of sp³-hybridized carbons (Fsp3) is 0.280. The van der Waals surface area contributed by atoms with Crippen molar-refractivity contribution in [2.75, 3.05) is 50.5 Å². The van der Waals surface area contributed by atoms with E-state index < -0.39 is 5.60 Å². The number of benzene rings is 2. The van der Waals surface area contributed by atoms with Gasteiger partial charge in [0.25, 0.3) is 0 Å². The van der Waals surface area contributed by atoms with Crippen LogP contribution in [0.4, 0.5) is 11.4 Å². The molecule has 1 aliphatic rings. The summed E-state index contributed by atoms with van der Waals surface area (Å²) in [4.78, 5) is 23.7. The second-order valence-corrected chi connectivity index (χ2v) is 9.75. The summed E-state index contributed by atoms with van der Waals surface area (Å²) in [5, 5.41) is 0. The standard InChI is InChI=1S/C25H27N3O2S2/c1-27(2)16-7-9-19(22(13-16)31-5)25(21-15-26-12-11-18(21)24(29)30-25)20-10-8-17(28(3)4)14-23(20)32-6/h7-15H,1-6H3. The van der Waals surface area contributed by atoms with E-state index in [0.717, 1.165) is 37.9 Å². The van der Waals surface area contributed by atoms with E-state index in [4.69, 9.17) is 4.74 Å². The van der Waals surface area contributed by atoms with E-state index in [1.54, 1.807) is 42.0 Å². The molecule has 0 aliphatic carbocycles. The van der Waals surface area contributed by atoms with Crippen LogP contribution in [0.1, 0.15) is 27.0 Å². The lowest BCUT2D eigenvalue weighted by molar-refractivity contribution is 0.0236. The van der Waals surface area contributed by atoms with Gasteiger partial charge in [-0.25, -0.2) is 4.79 Å². The Morgan fingerprint density at radius 3 is 1.81 bits per heavy atom. The van der Waals surface area contributed by atoms with E-state index in [1.807, 2.05) is 28.2 Å². The van der Waals surface area contributed by atoms with E-state index in [2.05, 4.69) is 63.7 Å². The molecule has 0 fully saturated rings. The third-order valence-electron chi connectivity index (χ3n) is 5.83. The number of thioether (sulfide) groups is 2. The van der Waals surface area contributed by atoms with Gasteiger partial charge in [0.05, 0.1) is 5.56 Å². The smallest absolute Gasteiger partial charge is 0.340 e. The van der Waals surface area contributed by atoms with Crippen LogP contribution < -0.4 is 9.80 Å². The third-order valence-corrected chi connectivity index (χ3v) is 7.38. The summed E-state index contributed by atoms with van der Waals surface area (Å²) in [5.74, 6) is -0.324. The molecule has 5 nitrogen and oxygen atoms in total. The Morgan fingerprint density at radius 2 is 1.34 bits per heavy atom. The number of hydrogen-bond acceptors (Lipinski definition) is 7. The van der Waals surface area contributed by atoms with E-state index in [0.29, 0.717) is 5.56 Å². The molecule has 166 valence electrons. The summed E-state index contributed by atoms with van der Waals surface area (Å²) in [7, 11) is 8.09.